The SMILES string of the molecule is CC1=CCC1NC(=O)C1CC(O)c2cc(Cl)ccc2O1.CNC(=O)COc1ccc(Cl)c(F)c1. The second-order valence-electron chi connectivity index (χ2n) is 7.82. The van der Waals surface area contributed by atoms with Crippen molar-refractivity contribution >= 4 is 35.0 Å². The number of aliphatic hydroxyl groups excluding tert-OH is 1. The Morgan fingerprint density at radius 3 is 2.62 bits per heavy atom. The maximum atomic E-state index is 12.9. The molecule has 2 amide bonds. The Balaban J connectivity index is 0.000000204. The minimum Gasteiger partial charge on any atom is -0.484 e. The van der Waals surface area contributed by atoms with Crippen LogP contribution in [0.2, 0.25) is 10.0 Å². The van der Waals surface area contributed by atoms with Crippen LogP contribution >= 0.6 is 23.2 Å². The lowest BCUT2D eigenvalue weighted by Crippen LogP contribution is -2.47. The Labute approximate surface area is 206 Å². The minimum absolute atomic E-state index is 0.0253. The monoisotopic (exact) mass is 510 g/mol. The average Bonchev–Trinajstić information content (AvgIpc) is 2.82. The second kappa shape index (κ2) is 11.6. The predicted molar refractivity (Wildman–Crippen MR) is 127 cm³/mol. The summed E-state index contributed by atoms with van der Waals surface area (Å²) in [5, 5.41) is 16.0. The Hall–Kier alpha value is -2.81. The van der Waals surface area contributed by atoms with E-state index in [4.69, 9.17) is 32.7 Å². The zero-order valence-electron chi connectivity index (χ0n) is 18.6. The number of carbonyl (C=O) groups excluding carboxylic acids is 2. The highest BCUT2D eigenvalue weighted by atomic mass is 35.5. The van der Waals surface area contributed by atoms with Crippen LogP contribution < -0.4 is 20.1 Å². The van der Waals surface area contributed by atoms with Gasteiger partial charge in [0, 0.05) is 30.1 Å². The first kappa shape index (κ1) is 25.8. The number of ether oxygens (including phenoxy) is 2. The van der Waals surface area contributed by atoms with Gasteiger partial charge >= 0.3 is 0 Å². The molecule has 4 rings (SSSR count). The van der Waals surface area contributed by atoms with Crippen molar-refractivity contribution in [2.45, 2.75) is 38.0 Å². The van der Waals surface area contributed by atoms with E-state index in [2.05, 4.69) is 16.7 Å². The number of halogens is 3. The molecule has 0 saturated carbocycles. The molecule has 3 atom stereocenters. The zero-order valence-corrected chi connectivity index (χ0v) is 20.1. The Morgan fingerprint density at radius 2 is 2.00 bits per heavy atom. The fraction of sp³-hybridized carbons (Fsp3) is 0.333. The van der Waals surface area contributed by atoms with Gasteiger partial charge in [-0.3, -0.25) is 9.59 Å². The summed E-state index contributed by atoms with van der Waals surface area (Å²) >= 11 is 11.4. The molecule has 34 heavy (non-hydrogen) atoms. The minimum atomic E-state index is -0.730. The summed E-state index contributed by atoms with van der Waals surface area (Å²) in [5.74, 6) is -0.229. The number of likely N-dealkylation sites (N-methyl/N-ethyl adjacent to an activating group) is 1. The van der Waals surface area contributed by atoms with Gasteiger partial charge in [-0.15, -0.1) is 0 Å². The molecule has 7 nitrogen and oxygen atoms in total. The van der Waals surface area contributed by atoms with E-state index in [1.165, 1.54) is 24.8 Å². The van der Waals surface area contributed by atoms with Crippen LogP contribution in [0.3, 0.4) is 0 Å². The molecule has 0 radical (unpaired) electrons. The van der Waals surface area contributed by atoms with E-state index in [0.29, 0.717) is 16.3 Å². The highest BCUT2D eigenvalue weighted by Crippen LogP contribution is 2.36. The van der Waals surface area contributed by atoms with Crippen molar-refractivity contribution in [1.29, 1.82) is 0 Å². The van der Waals surface area contributed by atoms with Gasteiger partial charge in [0.2, 0.25) is 0 Å². The van der Waals surface area contributed by atoms with Crippen LogP contribution in [0.1, 0.15) is 31.4 Å². The van der Waals surface area contributed by atoms with Crippen LogP contribution in [0.25, 0.3) is 0 Å². The van der Waals surface area contributed by atoms with Gasteiger partial charge in [-0.25, -0.2) is 4.39 Å². The lowest BCUT2D eigenvalue weighted by molar-refractivity contribution is -0.131. The van der Waals surface area contributed by atoms with Crippen LogP contribution in [-0.2, 0) is 9.59 Å². The summed E-state index contributed by atoms with van der Waals surface area (Å²) < 4.78 is 23.5. The highest BCUT2D eigenvalue weighted by Gasteiger charge is 2.33. The summed E-state index contributed by atoms with van der Waals surface area (Å²) in [6.45, 7) is 1.85. The number of aliphatic hydroxyl groups is 1. The Morgan fingerprint density at radius 1 is 1.24 bits per heavy atom. The molecule has 2 aromatic carbocycles. The summed E-state index contributed by atoms with van der Waals surface area (Å²) in [4.78, 5) is 22.9. The molecule has 1 aliphatic heterocycles. The van der Waals surface area contributed by atoms with Crippen LogP contribution in [0.15, 0.2) is 48.0 Å². The first-order chi connectivity index (χ1) is 16.2. The number of amides is 2. The maximum absolute atomic E-state index is 12.9. The van der Waals surface area contributed by atoms with Gasteiger partial charge in [0.1, 0.15) is 17.3 Å². The van der Waals surface area contributed by atoms with E-state index >= 15 is 0 Å². The number of nitrogens with one attached hydrogen (secondary N) is 2. The maximum Gasteiger partial charge on any atom is 0.261 e. The number of hydrogen-bond acceptors (Lipinski definition) is 5. The number of rotatable bonds is 5. The molecule has 3 unspecified atom stereocenters. The molecule has 182 valence electrons. The van der Waals surface area contributed by atoms with Gasteiger partial charge in [0.05, 0.1) is 17.2 Å². The van der Waals surface area contributed by atoms with E-state index in [1.807, 2.05) is 6.92 Å². The zero-order chi connectivity index (χ0) is 24.8. The predicted octanol–water partition coefficient (Wildman–Crippen LogP) is 3.96. The van der Waals surface area contributed by atoms with Crippen LogP contribution in [0, 0.1) is 5.82 Å². The largest absolute Gasteiger partial charge is 0.484 e. The van der Waals surface area contributed by atoms with Gasteiger partial charge < -0.3 is 25.2 Å². The van der Waals surface area contributed by atoms with Crippen molar-refractivity contribution in [3.8, 4) is 11.5 Å². The molecule has 0 aromatic heterocycles. The van der Waals surface area contributed by atoms with Crippen molar-refractivity contribution in [1.82, 2.24) is 10.6 Å². The van der Waals surface area contributed by atoms with Crippen LogP contribution in [-0.4, -0.2) is 42.7 Å². The molecule has 0 spiro atoms. The van der Waals surface area contributed by atoms with Gasteiger partial charge in [-0.05, 0) is 43.7 Å². The third-order valence-corrected chi connectivity index (χ3v) is 5.95. The van der Waals surface area contributed by atoms with Crippen LogP contribution in [0.4, 0.5) is 4.39 Å². The lowest BCUT2D eigenvalue weighted by atomic mass is 9.93. The molecule has 0 fully saturated rings. The molecule has 2 aromatic rings. The first-order valence-corrected chi connectivity index (χ1v) is 11.3. The summed E-state index contributed by atoms with van der Waals surface area (Å²) in [7, 11) is 1.49. The van der Waals surface area contributed by atoms with Gasteiger partial charge in [-0.1, -0.05) is 34.9 Å². The van der Waals surface area contributed by atoms with Crippen molar-refractivity contribution in [3.63, 3.8) is 0 Å². The Bertz CT molecular complexity index is 1100. The summed E-state index contributed by atoms with van der Waals surface area (Å²) in [6, 6.07) is 9.15. The van der Waals surface area contributed by atoms with E-state index < -0.39 is 18.0 Å². The summed E-state index contributed by atoms with van der Waals surface area (Å²) in [5.41, 5.74) is 1.81. The number of carbonyl (C=O) groups is 2. The molecular formula is C24H25Cl2FN2O5. The van der Waals surface area contributed by atoms with E-state index in [-0.39, 0.29) is 41.7 Å². The van der Waals surface area contributed by atoms with Crippen LogP contribution in [0.5, 0.6) is 11.5 Å². The highest BCUT2D eigenvalue weighted by molar-refractivity contribution is 6.31. The average molecular weight is 511 g/mol. The van der Waals surface area contributed by atoms with E-state index in [0.717, 1.165) is 12.5 Å². The van der Waals surface area contributed by atoms with Crippen molar-refractivity contribution in [2.24, 2.45) is 0 Å². The molecule has 0 bridgehead atoms. The standard InChI is InChI=1S/C15H16ClNO3.C9H9ClFNO2/c1-8-2-4-11(8)17-15(19)14-7-12(18)10-6-9(16)3-5-13(10)20-14;1-12-9(13)5-14-6-2-3-7(10)8(11)4-6/h2-3,5-6,11-12,14,18H,4,7H2,1H3,(H,17,19);2-4H,5H2,1H3,(H,12,13). The third-order valence-electron chi connectivity index (χ3n) is 5.41. The van der Waals surface area contributed by atoms with Crippen molar-refractivity contribution in [2.75, 3.05) is 13.7 Å². The fourth-order valence-corrected chi connectivity index (χ4v) is 3.57. The van der Waals surface area contributed by atoms with Gasteiger partial charge in [0.25, 0.3) is 11.8 Å². The molecule has 3 N–H and O–H groups in total. The molecule has 2 aliphatic rings. The Kier molecular flexibility index (Phi) is 8.77. The summed E-state index contributed by atoms with van der Waals surface area (Å²) in [6.07, 6.45) is 1.80. The fourth-order valence-electron chi connectivity index (χ4n) is 3.28. The molecular weight excluding hydrogens is 486 g/mol. The quantitative estimate of drug-likeness (QED) is 0.529. The molecule has 0 saturated heterocycles. The molecule has 1 aliphatic carbocycles. The number of fused-ring (bicyclic) bond motifs is 1. The lowest BCUT2D eigenvalue weighted by Gasteiger charge is -2.32. The first-order valence-electron chi connectivity index (χ1n) is 10.6. The number of benzene rings is 2. The number of hydrogen-bond donors (Lipinski definition) is 3. The second-order valence-corrected chi connectivity index (χ2v) is 8.67. The van der Waals surface area contributed by atoms with E-state index in [9.17, 15) is 19.1 Å². The molecule has 1 heterocycles. The van der Waals surface area contributed by atoms with Gasteiger partial charge in [0.15, 0.2) is 12.7 Å². The molecule has 10 heteroatoms. The smallest absolute Gasteiger partial charge is 0.261 e. The van der Waals surface area contributed by atoms with Gasteiger partial charge in [-0.2, -0.15) is 0 Å². The van der Waals surface area contributed by atoms with E-state index in [1.54, 1.807) is 18.2 Å². The topological polar surface area (TPSA) is 96.9 Å². The van der Waals surface area contributed by atoms with Crippen molar-refractivity contribution in [3.05, 3.63) is 69.5 Å². The third kappa shape index (κ3) is 6.62. The normalized spacial score (nSPS) is 20.3. The van der Waals surface area contributed by atoms with Crippen molar-refractivity contribution < 1.29 is 28.6 Å².